The molecule has 3 rings (SSSR count). The number of halogens is 1. The lowest BCUT2D eigenvalue weighted by Crippen LogP contribution is -2.33. The van der Waals surface area contributed by atoms with Gasteiger partial charge in [-0.2, -0.15) is 0 Å². The Bertz CT molecular complexity index is 913. The maximum Gasteiger partial charge on any atom is 0.261 e. The van der Waals surface area contributed by atoms with Crippen molar-refractivity contribution in [2.24, 2.45) is 0 Å². The van der Waals surface area contributed by atoms with E-state index in [0.717, 1.165) is 0 Å². The number of imide groups is 1. The van der Waals surface area contributed by atoms with Gasteiger partial charge < -0.3 is 15.0 Å². The molecule has 0 atom stereocenters. The van der Waals surface area contributed by atoms with Gasteiger partial charge in [-0.25, -0.2) is 0 Å². The number of ether oxygens (including phenoxy) is 1. The number of benzene rings is 2. The summed E-state index contributed by atoms with van der Waals surface area (Å²) in [4.78, 5) is 41.0. The van der Waals surface area contributed by atoms with E-state index in [1.165, 1.54) is 4.90 Å². The van der Waals surface area contributed by atoms with Crippen molar-refractivity contribution in [2.75, 3.05) is 33.8 Å². The van der Waals surface area contributed by atoms with Crippen LogP contribution >= 0.6 is 12.4 Å². The summed E-state index contributed by atoms with van der Waals surface area (Å²) in [5.41, 5.74) is 1.92. The molecule has 0 saturated heterocycles. The third kappa shape index (κ3) is 4.63. The van der Waals surface area contributed by atoms with Crippen molar-refractivity contribution in [1.29, 1.82) is 0 Å². The highest BCUT2D eigenvalue weighted by molar-refractivity contribution is 6.21. The average molecular weight is 432 g/mol. The largest absolute Gasteiger partial charge is 0.493 e. The Balaban J connectivity index is 0.00000320. The summed E-state index contributed by atoms with van der Waals surface area (Å²) in [7, 11) is 3.55. The number of carbonyl (C=O) groups excluding carboxylic acids is 3. The third-order valence-corrected chi connectivity index (χ3v) is 4.84. The van der Waals surface area contributed by atoms with E-state index < -0.39 is 0 Å². The van der Waals surface area contributed by atoms with Crippen molar-refractivity contribution >= 4 is 30.1 Å². The van der Waals surface area contributed by atoms with Gasteiger partial charge in [-0.3, -0.25) is 19.3 Å². The summed E-state index contributed by atoms with van der Waals surface area (Å²) >= 11 is 0. The van der Waals surface area contributed by atoms with E-state index in [4.69, 9.17) is 4.74 Å². The van der Waals surface area contributed by atoms with Gasteiger partial charge in [-0.1, -0.05) is 18.2 Å². The van der Waals surface area contributed by atoms with Crippen molar-refractivity contribution in [3.05, 3.63) is 64.7 Å². The zero-order valence-electron chi connectivity index (χ0n) is 17.3. The van der Waals surface area contributed by atoms with Crippen molar-refractivity contribution in [3.63, 3.8) is 0 Å². The standard InChI is InChI=1S/C22H25N3O4.ClH/c1-4-29-19-10-9-15(13-18(19)20(26)24(3)12-11-23-2)14-25-21(27)16-7-5-6-8-17(16)22(25)28;/h5-10,13,23H,4,11-12,14H2,1-3H3;1H. The highest BCUT2D eigenvalue weighted by atomic mass is 35.5. The number of rotatable bonds is 8. The van der Waals surface area contributed by atoms with Crippen LogP contribution in [-0.4, -0.2) is 61.3 Å². The highest BCUT2D eigenvalue weighted by Crippen LogP contribution is 2.27. The maximum atomic E-state index is 12.9. The molecule has 0 bridgehead atoms. The van der Waals surface area contributed by atoms with Gasteiger partial charge in [0.15, 0.2) is 0 Å². The molecule has 1 N–H and O–H groups in total. The van der Waals surface area contributed by atoms with Gasteiger partial charge >= 0.3 is 0 Å². The second-order valence-electron chi connectivity index (χ2n) is 6.84. The molecule has 2 aromatic carbocycles. The van der Waals surface area contributed by atoms with E-state index in [2.05, 4.69) is 5.32 Å². The lowest BCUT2D eigenvalue weighted by atomic mass is 10.1. The molecule has 0 aromatic heterocycles. The summed E-state index contributed by atoms with van der Waals surface area (Å²) in [6, 6.07) is 12.0. The molecule has 1 heterocycles. The van der Waals surface area contributed by atoms with Gasteiger partial charge in [0.25, 0.3) is 17.7 Å². The zero-order valence-corrected chi connectivity index (χ0v) is 18.1. The molecule has 1 aliphatic heterocycles. The molecule has 0 spiro atoms. The number of carbonyl (C=O) groups is 3. The molecule has 2 aromatic rings. The highest BCUT2D eigenvalue weighted by Gasteiger charge is 2.35. The molecule has 0 unspecified atom stereocenters. The smallest absolute Gasteiger partial charge is 0.261 e. The van der Waals surface area contributed by atoms with Crippen molar-refractivity contribution in [2.45, 2.75) is 13.5 Å². The lowest BCUT2D eigenvalue weighted by molar-refractivity contribution is 0.0642. The Morgan fingerprint density at radius 1 is 1.10 bits per heavy atom. The van der Waals surface area contributed by atoms with Gasteiger partial charge in [-0.15, -0.1) is 12.4 Å². The maximum absolute atomic E-state index is 12.9. The van der Waals surface area contributed by atoms with Crippen LogP contribution in [0, 0.1) is 0 Å². The van der Waals surface area contributed by atoms with Gasteiger partial charge in [0.1, 0.15) is 5.75 Å². The second-order valence-corrected chi connectivity index (χ2v) is 6.84. The number of nitrogens with zero attached hydrogens (tertiary/aromatic N) is 2. The fraction of sp³-hybridized carbons (Fsp3) is 0.318. The minimum atomic E-state index is -0.321. The molecule has 0 saturated carbocycles. The Kier molecular flexibility index (Phi) is 7.97. The Hall–Kier alpha value is -2.90. The summed E-state index contributed by atoms with van der Waals surface area (Å²) < 4.78 is 5.62. The van der Waals surface area contributed by atoms with Gasteiger partial charge in [-0.05, 0) is 43.8 Å². The first kappa shape index (κ1) is 23.4. The summed E-state index contributed by atoms with van der Waals surface area (Å²) in [5.74, 6) is -0.329. The molecule has 8 heteroatoms. The first-order valence-corrected chi connectivity index (χ1v) is 9.59. The molecular formula is C22H26ClN3O4. The van der Waals surface area contributed by atoms with Gasteiger partial charge in [0, 0.05) is 20.1 Å². The van der Waals surface area contributed by atoms with Crippen LogP contribution in [0.25, 0.3) is 0 Å². The molecule has 1 aliphatic rings. The van der Waals surface area contributed by atoms with E-state index in [9.17, 15) is 14.4 Å². The number of hydrogen-bond donors (Lipinski definition) is 1. The van der Waals surface area contributed by atoms with Crippen LogP contribution in [0.3, 0.4) is 0 Å². The van der Waals surface area contributed by atoms with E-state index >= 15 is 0 Å². The summed E-state index contributed by atoms with van der Waals surface area (Å²) in [6.07, 6.45) is 0. The first-order chi connectivity index (χ1) is 14.0. The molecule has 0 radical (unpaired) electrons. The van der Waals surface area contributed by atoms with Crippen LogP contribution in [0.5, 0.6) is 5.75 Å². The van der Waals surface area contributed by atoms with E-state index in [-0.39, 0.29) is 36.7 Å². The fourth-order valence-electron chi connectivity index (χ4n) is 3.28. The van der Waals surface area contributed by atoms with Crippen LogP contribution < -0.4 is 10.1 Å². The normalized spacial score (nSPS) is 12.4. The van der Waals surface area contributed by atoms with Crippen LogP contribution in [-0.2, 0) is 6.54 Å². The van der Waals surface area contributed by atoms with Crippen molar-refractivity contribution < 1.29 is 19.1 Å². The number of hydrogen-bond acceptors (Lipinski definition) is 5. The van der Waals surface area contributed by atoms with Crippen LogP contribution in [0.15, 0.2) is 42.5 Å². The predicted octanol–water partition coefficient (Wildman–Crippen LogP) is 2.59. The molecule has 7 nitrogen and oxygen atoms in total. The number of likely N-dealkylation sites (N-methyl/N-ethyl adjacent to an activating group) is 2. The Morgan fingerprint density at radius 2 is 1.73 bits per heavy atom. The van der Waals surface area contributed by atoms with Crippen molar-refractivity contribution in [1.82, 2.24) is 15.1 Å². The van der Waals surface area contributed by atoms with E-state index in [1.54, 1.807) is 54.4 Å². The van der Waals surface area contributed by atoms with Crippen LogP contribution in [0.4, 0.5) is 0 Å². The Labute approximate surface area is 182 Å². The van der Waals surface area contributed by atoms with Crippen molar-refractivity contribution in [3.8, 4) is 5.75 Å². The summed E-state index contributed by atoms with van der Waals surface area (Å²) in [5, 5.41) is 3.02. The van der Waals surface area contributed by atoms with E-state index in [1.807, 2.05) is 14.0 Å². The van der Waals surface area contributed by atoms with Crippen LogP contribution in [0.1, 0.15) is 43.6 Å². The van der Waals surface area contributed by atoms with Crippen LogP contribution in [0.2, 0.25) is 0 Å². The molecule has 0 fully saturated rings. The molecule has 3 amide bonds. The van der Waals surface area contributed by atoms with Gasteiger partial charge in [0.2, 0.25) is 0 Å². The molecule has 0 aliphatic carbocycles. The number of nitrogens with one attached hydrogen (secondary N) is 1. The second kappa shape index (κ2) is 10.2. The number of amides is 3. The first-order valence-electron chi connectivity index (χ1n) is 9.59. The molecule has 160 valence electrons. The quantitative estimate of drug-likeness (QED) is 0.650. The lowest BCUT2D eigenvalue weighted by Gasteiger charge is -2.20. The fourth-order valence-corrected chi connectivity index (χ4v) is 3.28. The minimum Gasteiger partial charge on any atom is -0.493 e. The topological polar surface area (TPSA) is 79.0 Å². The predicted molar refractivity (Wildman–Crippen MR) is 116 cm³/mol. The van der Waals surface area contributed by atoms with Gasteiger partial charge in [0.05, 0.1) is 29.8 Å². The SMILES string of the molecule is CCOc1ccc(CN2C(=O)c3ccccc3C2=O)cc1C(=O)N(C)CCNC.Cl. The minimum absolute atomic E-state index is 0. The molecular weight excluding hydrogens is 406 g/mol. The number of fused-ring (bicyclic) bond motifs is 1. The molecule has 30 heavy (non-hydrogen) atoms. The average Bonchev–Trinajstić information content (AvgIpc) is 2.97. The third-order valence-electron chi connectivity index (χ3n) is 4.84. The Morgan fingerprint density at radius 3 is 2.30 bits per heavy atom. The monoisotopic (exact) mass is 431 g/mol. The zero-order chi connectivity index (χ0) is 21.0. The summed E-state index contributed by atoms with van der Waals surface area (Å²) in [6.45, 7) is 3.59. The van der Waals surface area contributed by atoms with E-state index in [0.29, 0.717) is 47.7 Å².